The Bertz CT molecular complexity index is 1120. The summed E-state index contributed by atoms with van der Waals surface area (Å²) in [5, 5.41) is 0. The van der Waals surface area contributed by atoms with Gasteiger partial charge in [-0.25, -0.2) is 22.6 Å². The molecular formula is C15H13Cl2N2O5S4-. The van der Waals surface area contributed by atoms with Crippen LogP contribution in [0.25, 0.3) is 20.4 Å². The molecule has 0 bridgehead atoms. The van der Waals surface area contributed by atoms with Crippen molar-refractivity contribution in [3.63, 3.8) is 0 Å². The van der Waals surface area contributed by atoms with E-state index in [2.05, 4.69) is 31.6 Å². The summed E-state index contributed by atoms with van der Waals surface area (Å²) >= 11 is 4.73. The van der Waals surface area contributed by atoms with Crippen molar-refractivity contribution in [1.29, 1.82) is 0 Å². The first-order valence-corrected chi connectivity index (χ1v) is 12.1. The predicted octanol–water partition coefficient (Wildman–Crippen LogP) is 5.11. The first-order chi connectivity index (χ1) is 12.8. The van der Waals surface area contributed by atoms with Crippen molar-refractivity contribution in [2.75, 3.05) is 0 Å². The van der Waals surface area contributed by atoms with Crippen molar-refractivity contribution in [2.45, 2.75) is 12.3 Å². The normalized spacial score (nSPS) is 11.5. The molecule has 7 nitrogen and oxygen atoms in total. The van der Waals surface area contributed by atoms with Gasteiger partial charge >= 0.3 is 0 Å². The zero-order valence-electron chi connectivity index (χ0n) is 13.0. The molecule has 0 radical (unpaired) electrons. The Morgan fingerprint density at radius 3 is 2.18 bits per heavy atom. The second-order valence-corrected chi connectivity index (χ2v) is 9.70. The Balaban J connectivity index is 0.000000229. The van der Waals surface area contributed by atoms with Gasteiger partial charge in [0.05, 0.1) is 37.8 Å². The summed E-state index contributed by atoms with van der Waals surface area (Å²) in [5.74, 6) is 0. The molecule has 0 aliphatic rings. The van der Waals surface area contributed by atoms with Gasteiger partial charge in [-0.2, -0.15) is 3.74 Å². The predicted molar refractivity (Wildman–Crippen MR) is 115 cm³/mol. The van der Waals surface area contributed by atoms with Crippen molar-refractivity contribution >= 4 is 86.1 Å². The molecule has 0 saturated carbocycles. The lowest BCUT2D eigenvalue weighted by atomic mass is 10.3. The highest BCUT2D eigenvalue weighted by molar-refractivity contribution is 8.14. The van der Waals surface area contributed by atoms with E-state index in [0.717, 1.165) is 10.2 Å². The number of rotatable bonds is 2. The number of thiazole rings is 2. The van der Waals surface area contributed by atoms with Gasteiger partial charge in [-0.15, -0.1) is 22.7 Å². The molecule has 0 amide bonds. The van der Waals surface area contributed by atoms with Crippen LogP contribution in [0.4, 0.5) is 0 Å². The molecule has 2 aromatic carbocycles. The summed E-state index contributed by atoms with van der Waals surface area (Å²) in [7, 11) is 1.55. The molecule has 28 heavy (non-hydrogen) atoms. The van der Waals surface area contributed by atoms with E-state index in [0.29, 0.717) is 5.52 Å². The Labute approximate surface area is 182 Å². The maximum absolute atomic E-state index is 11.1. The number of para-hydroxylation sites is 2. The highest BCUT2D eigenvalue weighted by Crippen LogP contribution is 2.26. The molecule has 0 saturated heterocycles. The molecule has 0 N–H and O–H groups in total. The van der Waals surface area contributed by atoms with Crippen LogP contribution in [-0.2, 0) is 24.1 Å². The summed E-state index contributed by atoms with van der Waals surface area (Å²) in [6.07, 6.45) is 0. The highest BCUT2D eigenvalue weighted by Gasteiger charge is 2.15. The van der Waals surface area contributed by atoms with Gasteiger partial charge in [-0.05, 0) is 24.3 Å². The van der Waals surface area contributed by atoms with Crippen molar-refractivity contribution in [2.24, 2.45) is 0 Å². The van der Waals surface area contributed by atoms with Crippen molar-refractivity contribution in [1.82, 2.24) is 9.97 Å². The number of aromatic nitrogens is 2. The quantitative estimate of drug-likeness (QED) is 0.278. The Morgan fingerprint density at radius 1 is 1.00 bits per heavy atom. The van der Waals surface area contributed by atoms with Crippen LogP contribution in [-0.4, -0.2) is 27.1 Å². The van der Waals surface area contributed by atoms with E-state index in [-0.39, 0.29) is 12.3 Å². The summed E-state index contributed by atoms with van der Waals surface area (Å²) in [6, 6.07) is 13.0. The molecule has 0 aliphatic carbocycles. The minimum Gasteiger partial charge on any atom is -0.749 e. The van der Waals surface area contributed by atoms with Gasteiger partial charge in [0.2, 0.25) is 0 Å². The van der Waals surface area contributed by atoms with E-state index >= 15 is 0 Å². The number of fused-ring (bicyclic) bond motifs is 2. The maximum Gasteiger partial charge on any atom is 0.263 e. The zero-order chi connectivity index (χ0) is 19.9. The molecule has 1 unspecified atom stereocenters. The molecule has 0 aliphatic heterocycles. The third-order valence-corrected chi connectivity index (χ3v) is 6.24. The van der Waals surface area contributed by atoms with Crippen LogP contribution in [0.5, 0.6) is 0 Å². The molecule has 4 aromatic rings. The second-order valence-electron chi connectivity index (χ2n) is 4.48. The highest BCUT2D eigenvalue weighted by atomic mass is 35.7. The van der Waals surface area contributed by atoms with Gasteiger partial charge in [-0.1, -0.05) is 25.6 Å². The van der Waals surface area contributed by atoms with Crippen LogP contribution < -0.4 is 0 Å². The molecular weight excluding hydrogens is 487 g/mol. The molecule has 4 rings (SSSR count). The Morgan fingerprint density at radius 2 is 1.57 bits per heavy atom. The minimum atomic E-state index is -3.68. The number of hydrogen-bond donors (Lipinski definition) is 0. The van der Waals surface area contributed by atoms with Crippen LogP contribution in [0.2, 0.25) is 0 Å². The Kier molecular flexibility index (Phi) is 10.4. The lowest BCUT2D eigenvalue weighted by molar-refractivity contribution is 0.457. The maximum atomic E-state index is 11.1. The Hall–Kier alpha value is -1.18. The average molecular weight is 500 g/mol. The fourth-order valence-corrected chi connectivity index (χ4v) is 4.31. The lowest BCUT2D eigenvalue weighted by Crippen LogP contribution is -1.91. The molecule has 13 heteroatoms. The minimum absolute atomic E-state index is 0. The summed E-state index contributed by atoms with van der Waals surface area (Å²) in [6.45, 7) is 0. The van der Waals surface area contributed by atoms with Gasteiger partial charge < -0.3 is 4.55 Å². The van der Waals surface area contributed by atoms with Gasteiger partial charge in [0.1, 0.15) is 21.8 Å². The van der Waals surface area contributed by atoms with Gasteiger partial charge in [0.25, 0.3) is 9.05 Å². The zero-order valence-corrected chi connectivity index (χ0v) is 17.8. The summed E-state index contributed by atoms with van der Waals surface area (Å²) in [4.78, 5) is 8.15. The van der Waals surface area contributed by atoms with E-state index in [9.17, 15) is 8.42 Å². The van der Waals surface area contributed by atoms with Gasteiger partial charge in [0.15, 0.2) is 0 Å². The van der Waals surface area contributed by atoms with Gasteiger partial charge in [0, 0.05) is 10.7 Å². The van der Waals surface area contributed by atoms with E-state index in [1.54, 1.807) is 29.0 Å². The second kappa shape index (κ2) is 11.7. The largest absolute Gasteiger partial charge is 0.749 e. The van der Waals surface area contributed by atoms with E-state index < -0.39 is 20.4 Å². The van der Waals surface area contributed by atoms with Crippen molar-refractivity contribution in [3.8, 4) is 0 Å². The van der Waals surface area contributed by atoms with Crippen LogP contribution in [0.15, 0.2) is 58.4 Å². The number of halogens is 2. The van der Waals surface area contributed by atoms with E-state index in [1.165, 1.54) is 22.1 Å². The summed E-state index contributed by atoms with van der Waals surface area (Å²) in [5.41, 5.74) is 5.01. The van der Waals surface area contributed by atoms with Gasteiger partial charge in [-0.3, -0.25) is 0 Å². The summed E-state index contributed by atoms with van der Waals surface area (Å²) < 4.78 is 45.4. The molecule has 152 valence electrons. The molecule has 2 heterocycles. The molecule has 0 spiro atoms. The fraction of sp³-hybridized carbons (Fsp3) is 0.0667. The van der Waals surface area contributed by atoms with Crippen LogP contribution in [0.3, 0.4) is 0 Å². The third kappa shape index (κ3) is 7.33. The van der Waals surface area contributed by atoms with Crippen LogP contribution >= 0.6 is 45.2 Å². The van der Waals surface area contributed by atoms with E-state index in [1.807, 2.05) is 23.7 Å². The third-order valence-electron chi connectivity index (χ3n) is 2.87. The fourth-order valence-electron chi connectivity index (χ4n) is 1.86. The number of nitrogens with zero attached hydrogens (tertiary/aromatic N) is 2. The van der Waals surface area contributed by atoms with Crippen LogP contribution in [0.1, 0.15) is 7.43 Å². The standard InChI is InChI=1S/C7H4ClNO2S2.C7H5NS.CH4.ClHO3S/c8-13(10,11)6-3-1-2-5-7(6)9-4-12-5;1-2-4-7-6(3-1)8-5-9-7;;1-4-5(2)3/h1-4H;1-5H;1H4;(H,2,3)/p-1. The average Bonchev–Trinajstić information content (AvgIpc) is 3.30. The van der Waals surface area contributed by atoms with Crippen molar-refractivity contribution in [3.05, 3.63) is 53.5 Å². The molecule has 2 aromatic heterocycles. The number of benzene rings is 2. The topological polar surface area (TPSA) is 109 Å². The molecule has 1 atom stereocenters. The number of hydrogen-bond acceptors (Lipinski definition) is 9. The smallest absolute Gasteiger partial charge is 0.263 e. The molecule has 0 fully saturated rings. The first kappa shape index (κ1) is 24.9. The van der Waals surface area contributed by atoms with Crippen LogP contribution in [0, 0.1) is 0 Å². The van der Waals surface area contributed by atoms with E-state index in [4.69, 9.17) is 19.4 Å². The monoisotopic (exact) mass is 499 g/mol. The van der Waals surface area contributed by atoms with Crippen molar-refractivity contribution < 1.29 is 20.9 Å². The SMILES string of the molecule is C.O=S(=O)(Cl)c1cccc2scnc12.O=S([O-])OCl.c1ccc2scnc2c1. The first-order valence-electron chi connectivity index (χ1n) is 6.76. The lowest BCUT2D eigenvalue weighted by Gasteiger charge is -1.95.